The van der Waals surface area contributed by atoms with Crippen molar-refractivity contribution in [2.24, 2.45) is 5.92 Å². The van der Waals surface area contributed by atoms with Crippen LogP contribution in [0.25, 0.3) is 0 Å². The van der Waals surface area contributed by atoms with Crippen LogP contribution in [0.5, 0.6) is 0 Å². The summed E-state index contributed by atoms with van der Waals surface area (Å²) in [6, 6.07) is 0. The smallest absolute Gasteiger partial charge is 0.229 e. The summed E-state index contributed by atoms with van der Waals surface area (Å²) in [7, 11) is 1.70. The Morgan fingerprint density at radius 2 is 2.00 bits per heavy atom. The van der Waals surface area contributed by atoms with Gasteiger partial charge in [-0.05, 0) is 0 Å². The van der Waals surface area contributed by atoms with Crippen LogP contribution in [0.15, 0.2) is 0 Å². The van der Waals surface area contributed by atoms with E-state index in [0.29, 0.717) is 31.4 Å². The van der Waals surface area contributed by atoms with E-state index in [9.17, 15) is 9.59 Å². The summed E-state index contributed by atoms with van der Waals surface area (Å²) in [5.41, 5.74) is 0. The van der Waals surface area contributed by atoms with Gasteiger partial charge in [-0.1, -0.05) is 25.2 Å². The molecule has 0 N–H and O–H groups in total. The zero-order valence-electron chi connectivity index (χ0n) is 15.7. The van der Waals surface area contributed by atoms with Crippen LogP contribution >= 0.6 is 11.3 Å². The second-order valence-corrected chi connectivity index (χ2v) is 8.13. The minimum Gasteiger partial charge on any atom is -0.383 e. The fraction of sp³-hybridized carbons (Fsp3) is 0.765. The van der Waals surface area contributed by atoms with Crippen LogP contribution in [-0.2, 0) is 14.3 Å². The van der Waals surface area contributed by atoms with Gasteiger partial charge < -0.3 is 9.64 Å². The minimum atomic E-state index is -0.278. The van der Waals surface area contributed by atoms with Gasteiger partial charge in [-0.2, -0.15) is 0 Å². The highest BCUT2D eigenvalue weighted by Gasteiger charge is 2.39. The standard InChI is InChI=1S/C17H27N5O3S/c1-12(2)15-18-19-17(26-15)22-11-13(10-14(22)23)16(24)21-6-4-20(5-7-21)8-9-25-3/h12-13H,4-11H2,1-3H3. The maximum Gasteiger partial charge on any atom is 0.229 e. The van der Waals surface area contributed by atoms with Gasteiger partial charge in [0, 0.05) is 58.7 Å². The number of aromatic nitrogens is 2. The molecule has 144 valence electrons. The van der Waals surface area contributed by atoms with Gasteiger partial charge in [-0.25, -0.2) is 0 Å². The van der Waals surface area contributed by atoms with Gasteiger partial charge in [0.25, 0.3) is 0 Å². The summed E-state index contributed by atoms with van der Waals surface area (Å²) in [6.45, 7) is 9.25. The monoisotopic (exact) mass is 381 g/mol. The van der Waals surface area contributed by atoms with E-state index in [2.05, 4.69) is 28.9 Å². The summed E-state index contributed by atoms with van der Waals surface area (Å²) >= 11 is 1.44. The quantitative estimate of drug-likeness (QED) is 0.725. The second kappa shape index (κ2) is 8.41. The molecule has 0 spiro atoms. The van der Waals surface area contributed by atoms with Crippen LogP contribution in [0, 0.1) is 5.92 Å². The average Bonchev–Trinajstić information content (AvgIpc) is 3.26. The fourth-order valence-electron chi connectivity index (χ4n) is 3.30. The Morgan fingerprint density at radius 1 is 1.27 bits per heavy atom. The first kappa shape index (κ1) is 19.2. The number of hydrogen-bond donors (Lipinski definition) is 0. The van der Waals surface area contributed by atoms with Gasteiger partial charge in [0.1, 0.15) is 5.01 Å². The fourth-order valence-corrected chi connectivity index (χ4v) is 4.17. The van der Waals surface area contributed by atoms with E-state index < -0.39 is 0 Å². The molecule has 1 aromatic heterocycles. The molecule has 2 fully saturated rings. The molecule has 1 unspecified atom stereocenters. The van der Waals surface area contributed by atoms with Gasteiger partial charge in [0.05, 0.1) is 12.5 Å². The van der Waals surface area contributed by atoms with Crippen molar-refractivity contribution in [2.45, 2.75) is 26.2 Å². The molecular formula is C17H27N5O3S. The molecule has 2 aliphatic heterocycles. The summed E-state index contributed by atoms with van der Waals surface area (Å²) in [5.74, 6) is 0.0552. The maximum atomic E-state index is 12.8. The van der Waals surface area contributed by atoms with E-state index in [1.165, 1.54) is 11.3 Å². The van der Waals surface area contributed by atoms with Crippen molar-refractivity contribution in [1.29, 1.82) is 0 Å². The minimum absolute atomic E-state index is 0.0338. The first-order valence-corrected chi connectivity index (χ1v) is 9.95. The predicted molar refractivity (Wildman–Crippen MR) is 99.4 cm³/mol. The number of carbonyl (C=O) groups excluding carboxylic acids is 2. The van der Waals surface area contributed by atoms with Crippen LogP contribution < -0.4 is 4.90 Å². The lowest BCUT2D eigenvalue weighted by Gasteiger charge is -2.35. The van der Waals surface area contributed by atoms with Gasteiger partial charge >= 0.3 is 0 Å². The molecule has 3 heterocycles. The number of hydrogen-bond acceptors (Lipinski definition) is 7. The van der Waals surface area contributed by atoms with Crippen LogP contribution in [0.3, 0.4) is 0 Å². The SMILES string of the molecule is COCCN1CCN(C(=O)C2CC(=O)N(c3nnc(C(C)C)s3)C2)CC1. The first-order valence-electron chi connectivity index (χ1n) is 9.13. The first-order chi connectivity index (χ1) is 12.5. The zero-order valence-corrected chi connectivity index (χ0v) is 16.5. The third-order valence-corrected chi connectivity index (χ3v) is 6.17. The number of carbonyl (C=O) groups is 2. The maximum absolute atomic E-state index is 12.8. The normalized spacial score (nSPS) is 21.8. The molecule has 0 aromatic carbocycles. The summed E-state index contributed by atoms with van der Waals surface area (Å²) < 4.78 is 5.11. The zero-order chi connectivity index (χ0) is 18.7. The van der Waals surface area contributed by atoms with Crippen molar-refractivity contribution in [3.8, 4) is 0 Å². The highest BCUT2D eigenvalue weighted by Crippen LogP contribution is 2.31. The molecule has 0 bridgehead atoms. The Labute approximate surface area is 158 Å². The average molecular weight is 382 g/mol. The molecule has 8 nitrogen and oxygen atoms in total. The molecule has 1 aromatic rings. The Bertz CT molecular complexity index is 642. The summed E-state index contributed by atoms with van der Waals surface area (Å²) in [6.07, 6.45) is 0.263. The molecular weight excluding hydrogens is 354 g/mol. The third-order valence-electron chi connectivity index (χ3n) is 4.92. The Kier molecular flexibility index (Phi) is 6.20. The molecule has 0 aliphatic carbocycles. The lowest BCUT2D eigenvalue weighted by molar-refractivity contribution is -0.137. The number of piperazine rings is 1. The number of anilines is 1. The molecule has 1 atom stereocenters. The van der Waals surface area contributed by atoms with Crippen LogP contribution in [0.2, 0.25) is 0 Å². The second-order valence-electron chi connectivity index (χ2n) is 7.14. The van der Waals surface area contributed by atoms with E-state index in [-0.39, 0.29) is 30.1 Å². The topological polar surface area (TPSA) is 78.9 Å². The van der Waals surface area contributed by atoms with Gasteiger partial charge in [0.2, 0.25) is 16.9 Å². The lowest BCUT2D eigenvalue weighted by Crippen LogP contribution is -2.51. The van der Waals surface area contributed by atoms with Crippen molar-refractivity contribution in [1.82, 2.24) is 20.0 Å². The van der Waals surface area contributed by atoms with E-state index in [1.807, 2.05) is 4.90 Å². The molecule has 2 saturated heterocycles. The molecule has 2 aliphatic rings. The molecule has 2 amide bonds. The number of amides is 2. The lowest BCUT2D eigenvalue weighted by atomic mass is 10.1. The molecule has 3 rings (SSSR count). The highest BCUT2D eigenvalue weighted by molar-refractivity contribution is 7.15. The largest absolute Gasteiger partial charge is 0.383 e. The van der Waals surface area contributed by atoms with Crippen molar-refractivity contribution in [2.75, 3.05) is 57.9 Å². The van der Waals surface area contributed by atoms with E-state index >= 15 is 0 Å². The van der Waals surface area contributed by atoms with E-state index in [1.54, 1.807) is 12.0 Å². The van der Waals surface area contributed by atoms with E-state index in [4.69, 9.17) is 4.74 Å². The van der Waals surface area contributed by atoms with Crippen molar-refractivity contribution < 1.29 is 14.3 Å². The number of nitrogens with zero attached hydrogens (tertiary/aromatic N) is 5. The van der Waals surface area contributed by atoms with Crippen molar-refractivity contribution in [3.63, 3.8) is 0 Å². The van der Waals surface area contributed by atoms with Crippen LogP contribution in [-0.4, -0.2) is 84.8 Å². The van der Waals surface area contributed by atoms with Gasteiger partial charge in [0.15, 0.2) is 0 Å². The summed E-state index contributed by atoms with van der Waals surface area (Å²) in [5, 5.41) is 9.82. The predicted octanol–water partition coefficient (Wildman–Crippen LogP) is 0.805. The molecule has 26 heavy (non-hydrogen) atoms. The Hall–Kier alpha value is -1.58. The van der Waals surface area contributed by atoms with Gasteiger partial charge in [-0.3, -0.25) is 19.4 Å². The molecule has 9 heteroatoms. The summed E-state index contributed by atoms with van der Waals surface area (Å²) in [4.78, 5) is 31.0. The Balaban J connectivity index is 1.55. The van der Waals surface area contributed by atoms with Crippen LogP contribution in [0.4, 0.5) is 5.13 Å². The number of methoxy groups -OCH3 is 1. The number of ether oxygens (including phenoxy) is 1. The van der Waals surface area contributed by atoms with Crippen molar-refractivity contribution >= 4 is 28.3 Å². The van der Waals surface area contributed by atoms with Gasteiger partial charge in [-0.15, -0.1) is 10.2 Å². The third kappa shape index (κ3) is 4.21. The molecule has 0 radical (unpaired) electrons. The highest BCUT2D eigenvalue weighted by atomic mass is 32.1. The van der Waals surface area contributed by atoms with E-state index in [0.717, 1.165) is 24.6 Å². The van der Waals surface area contributed by atoms with Crippen molar-refractivity contribution in [3.05, 3.63) is 5.01 Å². The molecule has 0 saturated carbocycles. The Morgan fingerprint density at radius 3 is 2.62 bits per heavy atom. The number of rotatable bonds is 6. The van der Waals surface area contributed by atoms with Crippen LogP contribution in [0.1, 0.15) is 31.2 Å².